The number of amides is 1. The third-order valence-electron chi connectivity index (χ3n) is 2.39. The minimum atomic E-state index is -0.649. The molecule has 2 aromatic heterocycles. The van der Waals surface area contributed by atoms with Crippen LogP contribution in [0.3, 0.4) is 0 Å². The number of carbonyl (C=O) groups is 1. The quantitative estimate of drug-likeness (QED) is 0.850. The Labute approximate surface area is 102 Å². The molecule has 0 aliphatic rings. The lowest BCUT2D eigenvalue weighted by atomic mass is 10.2. The molecule has 2 aromatic rings. The molecule has 0 saturated carbocycles. The molecule has 0 bridgehead atoms. The molecular weight excluding hydrogens is 239 g/mol. The molecule has 5 heteroatoms. The number of aryl methyl sites for hydroxylation is 1. The number of carbonyl (C=O) groups excluding carboxylic acids is 1. The van der Waals surface area contributed by atoms with Gasteiger partial charge in [0.05, 0.1) is 0 Å². The maximum atomic E-state index is 12.8. The SMILES string of the molecule is Cc1cscc1CNC(=O)c1ccnc(F)c1. The highest BCUT2D eigenvalue weighted by Crippen LogP contribution is 2.13. The van der Waals surface area contributed by atoms with Gasteiger partial charge in [0.1, 0.15) is 0 Å². The Morgan fingerprint density at radius 3 is 3.00 bits per heavy atom. The van der Waals surface area contributed by atoms with Crippen molar-refractivity contribution in [3.63, 3.8) is 0 Å². The molecule has 0 fully saturated rings. The lowest BCUT2D eigenvalue weighted by Crippen LogP contribution is -2.23. The largest absolute Gasteiger partial charge is 0.348 e. The van der Waals surface area contributed by atoms with Crippen molar-refractivity contribution in [3.05, 3.63) is 51.7 Å². The van der Waals surface area contributed by atoms with Crippen LogP contribution in [0.5, 0.6) is 0 Å². The van der Waals surface area contributed by atoms with Gasteiger partial charge >= 0.3 is 0 Å². The highest BCUT2D eigenvalue weighted by atomic mass is 32.1. The average Bonchev–Trinajstić information content (AvgIpc) is 2.72. The van der Waals surface area contributed by atoms with Crippen LogP contribution in [-0.2, 0) is 6.54 Å². The zero-order valence-electron chi connectivity index (χ0n) is 9.24. The van der Waals surface area contributed by atoms with E-state index in [4.69, 9.17) is 0 Å². The number of thiophene rings is 1. The molecule has 0 radical (unpaired) electrons. The maximum Gasteiger partial charge on any atom is 0.251 e. The molecule has 1 amide bonds. The first-order valence-electron chi connectivity index (χ1n) is 5.08. The van der Waals surface area contributed by atoms with Crippen LogP contribution in [0.15, 0.2) is 29.1 Å². The van der Waals surface area contributed by atoms with Crippen molar-refractivity contribution < 1.29 is 9.18 Å². The van der Waals surface area contributed by atoms with E-state index < -0.39 is 5.95 Å². The smallest absolute Gasteiger partial charge is 0.251 e. The molecule has 0 aliphatic carbocycles. The average molecular weight is 250 g/mol. The summed E-state index contributed by atoms with van der Waals surface area (Å²) >= 11 is 1.59. The highest BCUT2D eigenvalue weighted by molar-refractivity contribution is 7.08. The zero-order chi connectivity index (χ0) is 12.3. The molecule has 0 atom stereocenters. The molecule has 2 rings (SSSR count). The predicted octanol–water partition coefficient (Wildman–Crippen LogP) is 2.52. The number of halogens is 1. The molecule has 0 saturated heterocycles. The van der Waals surface area contributed by atoms with E-state index in [-0.39, 0.29) is 11.5 Å². The van der Waals surface area contributed by atoms with E-state index in [1.165, 1.54) is 12.3 Å². The first-order chi connectivity index (χ1) is 8.16. The van der Waals surface area contributed by atoms with Crippen LogP contribution in [0, 0.1) is 12.9 Å². The Morgan fingerprint density at radius 2 is 2.35 bits per heavy atom. The Hall–Kier alpha value is -1.75. The van der Waals surface area contributed by atoms with Crippen LogP contribution in [0.2, 0.25) is 0 Å². The molecule has 17 heavy (non-hydrogen) atoms. The first kappa shape index (κ1) is 11.7. The Bertz CT molecular complexity index is 539. The van der Waals surface area contributed by atoms with E-state index >= 15 is 0 Å². The Balaban J connectivity index is 2.01. The second-order valence-corrected chi connectivity index (χ2v) is 4.37. The third kappa shape index (κ3) is 2.88. The van der Waals surface area contributed by atoms with Gasteiger partial charge < -0.3 is 5.32 Å². The third-order valence-corrected chi connectivity index (χ3v) is 3.30. The summed E-state index contributed by atoms with van der Waals surface area (Å²) in [6.45, 7) is 2.45. The normalized spacial score (nSPS) is 10.2. The summed E-state index contributed by atoms with van der Waals surface area (Å²) in [5, 5.41) is 6.75. The summed E-state index contributed by atoms with van der Waals surface area (Å²) in [4.78, 5) is 15.1. The number of rotatable bonds is 3. The maximum absolute atomic E-state index is 12.8. The van der Waals surface area contributed by atoms with Crippen molar-refractivity contribution in [1.82, 2.24) is 10.3 Å². The summed E-state index contributed by atoms with van der Waals surface area (Å²) in [6, 6.07) is 2.61. The summed E-state index contributed by atoms with van der Waals surface area (Å²) in [5.41, 5.74) is 2.51. The number of pyridine rings is 1. The van der Waals surface area contributed by atoms with E-state index in [2.05, 4.69) is 10.3 Å². The fraction of sp³-hybridized carbons (Fsp3) is 0.167. The standard InChI is InChI=1S/C12H11FN2OS/c1-8-6-17-7-10(8)5-15-12(16)9-2-3-14-11(13)4-9/h2-4,6-7H,5H2,1H3,(H,15,16). The predicted molar refractivity (Wildman–Crippen MR) is 64.4 cm³/mol. The molecule has 88 valence electrons. The minimum Gasteiger partial charge on any atom is -0.348 e. The molecule has 0 spiro atoms. The molecular formula is C12H11FN2OS. The van der Waals surface area contributed by atoms with Gasteiger partial charge in [0.15, 0.2) is 0 Å². The highest BCUT2D eigenvalue weighted by Gasteiger charge is 2.07. The van der Waals surface area contributed by atoms with Gasteiger partial charge in [0.25, 0.3) is 5.91 Å². The fourth-order valence-electron chi connectivity index (χ4n) is 1.39. The monoisotopic (exact) mass is 250 g/mol. The number of aromatic nitrogens is 1. The molecule has 0 aromatic carbocycles. The van der Waals surface area contributed by atoms with Crippen LogP contribution in [0.25, 0.3) is 0 Å². The molecule has 0 unspecified atom stereocenters. The minimum absolute atomic E-state index is 0.283. The van der Waals surface area contributed by atoms with Crippen molar-refractivity contribution in [2.24, 2.45) is 0 Å². The van der Waals surface area contributed by atoms with Gasteiger partial charge in [-0.2, -0.15) is 15.7 Å². The first-order valence-corrected chi connectivity index (χ1v) is 6.02. The van der Waals surface area contributed by atoms with Gasteiger partial charge in [0.2, 0.25) is 5.95 Å². The van der Waals surface area contributed by atoms with Crippen molar-refractivity contribution in [1.29, 1.82) is 0 Å². The van der Waals surface area contributed by atoms with Gasteiger partial charge in [-0.25, -0.2) is 4.98 Å². The fourth-order valence-corrected chi connectivity index (χ4v) is 2.25. The van der Waals surface area contributed by atoms with Gasteiger partial charge in [-0.1, -0.05) is 0 Å². The van der Waals surface area contributed by atoms with Crippen LogP contribution in [-0.4, -0.2) is 10.9 Å². The molecule has 2 heterocycles. The molecule has 1 N–H and O–H groups in total. The number of nitrogens with one attached hydrogen (secondary N) is 1. The molecule has 0 aliphatic heterocycles. The van der Waals surface area contributed by atoms with Gasteiger partial charge in [-0.3, -0.25) is 4.79 Å². The van der Waals surface area contributed by atoms with E-state index in [9.17, 15) is 9.18 Å². The summed E-state index contributed by atoms with van der Waals surface area (Å²) in [6.07, 6.45) is 1.28. The van der Waals surface area contributed by atoms with Crippen molar-refractivity contribution >= 4 is 17.2 Å². The lowest BCUT2D eigenvalue weighted by Gasteiger charge is -2.04. The van der Waals surface area contributed by atoms with E-state index in [0.29, 0.717) is 6.54 Å². The second kappa shape index (κ2) is 5.05. The summed E-state index contributed by atoms with van der Waals surface area (Å²) in [7, 11) is 0. The lowest BCUT2D eigenvalue weighted by molar-refractivity contribution is 0.0950. The second-order valence-electron chi connectivity index (χ2n) is 3.63. The van der Waals surface area contributed by atoms with Crippen LogP contribution in [0.4, 0.5) is 4.39 Å². The van der Waals surface area contributed by atoms with Crippen LogP contribution < -0.4 is 5.32 Å². The number of hydrogen-bond acceptors (Lipinski definition) is 3. The Morgan fingerprint density at radius 1 is 1.53 bits per heavy atom. The number of hydrogen-bond donors (Lipinski definition) is 1. The van der Waals surface area contributed by atoms with Gasteiger partial charge in [-0.05, 0) is 34.9 Å². The van der Waals surface area contributed by atoms with Crippen molar-refractivity contribution in [3.8, 4) is 0 Å². The van der Waals surface area contributed by atoms with Gasteiger partial charge in [0, 0.05) is 24.4 Å². The summed E-state index contributed by atoms with van der Waals surface area (Å²) < 4.78 is 12.8. The van der Waals surface area contributed by atoms with Crippen molar-refractivity contribution in [2.45, 2.75) is 13.5 Å². The van der Waals surface area contributed by atoms with E-state index in [0.717, 1.165) is 17.2 Å². The number of nitrogens with zero attached hydrogens (tertiary/aromatic N) is 1. The molecule has 3 nitrogen and oxygen atoms in total. The van der Waals surface area contributed by atoms with Crippen molar-refractivity contribution in [2.75, 3.05) is 0 Å². The zero-order valence-corrected chi connectivity index (χ0v) is 10.1. The topological polar surface area (TPSA) is 42.0 Å². The van der Waals surface area contributed by atoms with Gasteiger partial charge in [-0.15, -0.1) is 0 Å². The van der Waals surface area contributed by atoms with Crippen LogP contribution in [0.1, 0.15) is 21.5 Å². The summed E-state index contributed by atoms with van der Waals surface area (Å²) in [5.74, 6) is -0.943. The van der Waals surface area contributed by atoms with E-state index in [1.54, 1.807) is 11.3 Å². The van der Waals surface area contributed by atoms with E-state index in [1.807, 2.05) is 17.7 Å². The van der Waals surface area contributed by atoms with Crippen LogP contribution >= 0.6 is 11.3 Å². The Kier molecular flexibility index (Phi) is 3.49.